The Hall–Kier alpha value is -2.47. The SMILES string of the molecule is CC.CCC(C)C(N)=NC1(c2cc(NC=O)ccc2F)CC1.Cc1ccc(Cl)cn1. The van der Waals surface area contributed by atoms with Gasteiger partial charge in [0, 0.05) is 29.1 Å². The van der Waals surface area contributed by atoms with Gasteiger partial charge in [-0.2, -0.15) is 0 Å². The average Bonchev–Trinajstić information content (AvgIpc) is 3.53. The molecule has 3 N–H and O–H groups in total. The predicted molar refractivity (Wildman–Crippen MR) is 123 cm³/mol. The number of amides is 1. The zero-order valence-electron chi connectivity index (χ0n) is 18.4. The van der Waals surface area contributed by atoms with E-state index in [0.29, 0.717) is 28.5 Å². The summed E-state index contributed by atoms with van der Waals surface area (Å²) in [6.45, 7) is 9.98. The van der Waals surface area contributed by atoms with E-state index in [2.05, 4.69) is 15.3 Å². The third-order valence-electron chi connectivity index (χ3n) is 4.75. The number of aryl methyl sites for hydroxylation is 1. The van der Waals surface area contributed by atoms with Crippen LogP contribution in [0.5, 0.6) is 0 Å². The van der Waals surface area contributed by atoms with Gasteiger partial charge in [0.2, 0.25) is 6.41 Å². The monoisotopic (exact) mass is 434 g/mol. The Labute approximate surface area is 184 Å². The van der Waals surface area contributed by atoms with Crippen molar-refractivity contribution in [2.24, 2.45) is 16.6 Å². The smallest absolute Gasteiger partial charge is 0.211 e. The van der Waals surface area contributed by atoms with Crippen molar-refractivity contribution >= 4 is 29.5 Å². The van der Waals surface area contributed by atoms with E-state index in [1.807, 2.05) is 46.8 Å². The van der Waals surface area contributed by atoms with E-state index in [4.69, 9.17) is 17.3 Å². The van der Waals surface area contributed by atoms with Crippen molar-refractivity contribution < 1.29 is 9.18 Å². The summed E-state index contributed by atoms with van der Waals surface area (Å²) in [6.07, 6.45) is 4.68. The zero-order chi connectivity index (χ0) is 22.7. The third-order valence-corrected chi connectivity index (χ3v) is 4.98. The predicted octanol–water partition coefficient (Wildman–Crippen LogP) is 5.86. The number of aliphatic imine (C=N–C) groups is 1. The van der Waals surface area contributed by atoms with Crippen molar-refractivity contribution in [3.63, 3.8) is 0 Å². The number of aromatic nitrogens is 1. The molecule has 0 aliphatic heterocycles. The van der Waals surface area contributed by atoms with Crippen LogP contribution in [0.3, 0.4) is 0 Å². The normalized spacial score (nSPS) is 15.0. The minimum absolute atomic E-state index is 0.187. The fraction of sp³-hybridized carbons (Fsp3) is 0.435. The standard InChI is InChI=1S/C15H20FN3O.C6H6ClN.C2H6/c1-3-10(2)14(17)19-15(6-7-15)12-8-11(18-9-20)4-5-13(12)16;1-5-2-3-6(7)4-8-5;1-2/h4-5,8-10H,3,6-7H2,1-2H3,(H2,17,19)(H,18,20);2-4H,1H3;1-2H3. The summed E-state index contributed by atoms with van der Waals surface area (Å²) in [4.78, 5) is 19.0. The molecule has 7 heteroatoms. The highest BCUT2D eigenvalue weighted by atomic mass is 35.5. The lowest BCUT2D eigenvalue weighted by atomic mass is 10.0. The van der Waals surface area contributed by atoms with E-state index >= 15 is 0 Å². The fourth-order valence-electron chi connectivity index (χ4n) is 2.62. The molecule has 1 unspecified atom stereocenters. The maximum absolute atomic E-state index is 14.1. The zero-order valence-corrected chi connectivity index (χ0v) is 19.1. The van der Waals surface area contributed by atoms with Crippen LogP contribution in [0.25, 0.3) is 0 Å². The van der Waals surface area contributed by atoms with Gasteiger partial charge in [-0.25, -0.2) is 4.39 Å². The van der Waals surface area contributed by atoms with Crippen LogP contribution >= 0.6 is 11.6 Å². The molecule has 0 saturated heterocycles. The lowest BCUT2D eigenvalue weighted by Gasteiger charge is -2.16. The molecule has 1 saturated carbocycles. The van der Waals surface area contributed by atoms with Crippen molar-refractivity contribution in [1.82, 2.24) is 4.98 Å². The number of pyridine rings is 1. The van der Waals surface area contributed by atoms with Crippen molar-refractivity contribution in [3.8, 4) is 0 Å². The maximum atomic E-state index is 14.1. The Kier molecular flexibility index (Phi) is 10.5. The highest BCUT2D eigenvalue weighted by Crippen LogP contribution is 2.51. The second-order valence-corrected chi connectivity index (χ2v) is 7.39. The van der Waals surface area contributed by atoms with Crippen molar-refractivity contribution in [1.29, 1.82) is 0 Å². The Morgan fingerprint density at radius 2 is 2.03 bits per heavy atom. The first-order valence-corrected chi connectivity index (χ1v) is 10.6. The molecule has 1 fully saturated rings. The molecule has 30 heavy (non-hydrogen) atoms. The van der Waals surface area contributed by atoms with Gasteiger partial charge in [0.05, 0.1) is 16.4 Å². The summed E-state index contributed by atoms with van der Waals surface area (Å²) >= 11 is 5.55. The molecule has 3 rings (SSSR count). The Bertz CT molecular complexity index is 815. The van der Waals surface area contributed by atoms with Crippen molar-refractivity contribution in [3.05, 3.63) is 58.6 Å². The van der Waals surface area contributed by atoms with E-state index in [-0.39, 0.29) is 11.7 Å². The number of rotatable bonds is 6. The van der Waals surface area contributed by atoms with Crippen LogP contribution < -0.4 is 11.1 Å². The molecule has 0 bridgehead atoms. The average molecular weight is 435 g/mol. The second-order valence-electron chi connectivity index (χ2n) is 6.95. The van der Waals surface area contributed by atoms with Gasteiger partial charge >= 0.3 is 0 Å². The van der Waals surface area contributed by atoms with Gasteiger partial charge in [-0.15, -0.1) is 0 Å². The van der Waals surface area contributed by atoms with E-state index in [1.54, 1.807) is 12.3 Å². The molecule has 1 amide bonds. The fourth-order valence-corrected chi connectivity index (χ4v) is 2.73. The van der Waals surface area contributed by atoms with Crippen LogP contribution in [0.2, 0.25) is 5.02 Å². The first kappa shape index (κ1) is 25.6. The van der Waals surface area contributed by atoms with Crippen LogP contribution in [0.1, 0.15) is 58.2 Å². The van der Waals surface area contributed by atoms with Crippen LogP contribution in [-0.4, -0.2) is 17.2 Å². The van der Waals surface area contributed by atoms with Gasteiger partial charge in [0.15, 0.2) is 0 Å². The summed E-state index contributed by atoms with van der Waals surface area (Å²) in [7, 11) is 0. The van der Waals surface area contributed by atoms with Gasteiger partial charge in [-0.1, -0.05) is 39.3 Å². The number of halogens is 2. The molecule has 0 radical (unpaired) electrons. The number of nitrogens with one attached hydrogen (secondary N) is 1. The summed E-state index contributed by atoms with van der Waals surface area (Å²) < 4.78 is 14.1. The summed E-state index contributed by atoms with van der Waals surface area (Å²) in [5.41, 5.74) is 7.52. The molecule has 164 valence electrons. The second kappa shape index (κ2) is 12.3. The molecular formula is C23H32ClFN4O. The van der Waals surface area contributed by atoms with E-state index in [0.717, 1.165) is 25.0 Å². The van der Waals surface area contributed by atoms with Crippen molar-refractivity contribution in [2.45, 2.75) is 59.4 Å². The summed E-state index contributed by atoms with van der Waals surface area (Å²) in [6, 6.07) is 8.23. The number of hydrogen-bond acceptors (Lipinski definition) is 3. The lowest BCUT2D eigenvalue weighted by molar-refractivity contribution is -0.105. The van der Waals surface area contributed by atoms with Gasteiger partial charge in [0.25, 0.3) is 0 Å². The Morgan fingerprint density at radius 3 is 2.50 bits per heavy atom. The molecule has 2 aromatic rings. The Morgan fingerprint density at radius 1 is 1.37 bits per heavy atom. The first-order chi connectivity index (χ1) is 14.3. The molecule has 1 aliphatic carbocycles. The van der Waals surface area contributed by atoms with Crippen LogP contribution in [0.15, 0.2) is 41.5 Å². The summed E-state index contributed by atoms with van der Waals surface area (Å²) in [5, 5.41) is 3.23. The number of nitrogens with zero attached hydrogens (tertiary/aromatic N) is 2. The number of amidine groups is 1. The highest BCUT2D eigenvalue weighted by Gasteiger charge is 2.46. The van der Waals surface area contributed by atoms with Gasteiger partial charge in [-0.05, 0) is 56.5 Å². The van der Waals surface area contributed by atoms with E-state index < -0.39 is 5.54 Å². The number of carbonyl (C=O) groups is 1. The van der Waals surface area contributed by atoms with Crippen LogP contribution in [-0.2, 0) is 10.3 Å². The minimum atomic E-state index is -0.543. The van der Waals surface area contributed by atoms with E-state index in [1.165, 1.54) is 12.1 Å². The van der Waals surface area contributed by atoms with Gasteiger partial charge in [0.1, 0.15) is 5.82 Å². The van der Waals surface area contributed by atoms with Gasteiger partial charge < -0.3 is 11.1 Å². The van der Waals surface area contributed by atoms with Crippen molar-refractivity contribution in [2.75, 3.05) is 5.32 Å². The molecule has 1 aliphatic rings. The molecule has 1 heterocycles. The number of nitrogens with two attached hydrogens (primary N) is 1. The van der Waals surface area contributed by atoms with Gasteiger partial charge in [-0.3, -0.25) is 14.8 Å². The summed E-state index contributed by atoms with van der Waals surface area (Å²) in [5.74, 6) is 0.449. The van der Waals surface area contributed by atoms with Crippen LogP contribution in [0, 0.1) is 18.7 Å². The quantitative estimate of drug-likeness (QED) is 0.339. The largest absolute Gasteiger partial charge is 0.387 e. The topological polar surface area (TPSA) is 80.4 Å². The van der Waals surface area contributed by atoms with E-state index in [9.17, 15) is 9.18 Å². The molecular weight excluding hydrogens is 403 g/mol. The number of anilines is 1. The highest BCUT2D eigenvalue weighted by molar-refractivity contribution is 6.30. The molecule has 1 aromatic heterocycles. The lowest BCUT2D eigenvalue weighted by Crippen LogP contribution is -2.24. The minimum Gasteiger partial charge on any atom is -0.387 e. The maximum Gasteiger partial charge on any atom is 0.211 e. The third kappa shape index (κ3) is 7.41. The number of carbonyl (C=O) groups excluding carboxylic acids is 1. The molecule has 1 atom stereocenters. The van der Waals surface area contributed by atoms with Crippen LogP contribution in [0.4, 0.5) is 10.1 Å². The first-order valence-electron chi connectivity index (χ1n) is 10.2. The number of hydrogen-bond donors (Lipinski definition) is 2. The molecule has 5 nitrogen and oxygen atoms in total. The number of benzene rings is 1. The molecule has 1 aromatic carbocycles. The Balaban J connectivity index is 0.000000375. The molecule has 0 spiro atoms.